The highest BCUT2D eigenvalue weighted by atomic mass is 16.5. The molecule has 0 aliphatic carbocycles. The van der Waals surface area contributed by atoms with Gasteiger partial charge in [0.1, 0.15) is 11.6 Å². The monoisotopic (exact) mass is 513 g/mol. The molecule has 8 heteroatoms. The number of ether oxygens (including phenoxy) is 1. The van der Waals surface area contributed by atoms with Gasteiger partial charge in [0.25, 0.3) is 0 Å². The summed E-state index contributed by atoms with van der Waals surface area (Å²) in [4.78, 5) is 42.9. The van der Waals surface area contributed by atoms with Gasteiger partial charge in [-0.15, -0.1) is 0 Å². The number of benzene rings is 1. The minimum atomic E-state index is -1.11. The fraction of sp³-hybridized carbons (Fsp3) is 0.690. The van der Waals surface area contributed by atoms with Crippen LogP contribution in [0.4, 0.5) is 0 Å². The highest BCUT2D eigenvalue weighted by molar-refractivity contribution is 5.99. The van der Waals surface area contributed by atoms with Gasteiger partial charge in [-0.05, 0) is 50.5 Å². The maximum absolute atomic E-state index is 13.9. The summed E-state index contributed by atoms with van der Waals surface area (Å²) < 4.78 is 6.70. The Hall–Kier alpha value is -2.45. The second-order valence-corrected chi connectivity index (χ2v) is 13.3. The Labute approximate surface area is 220 Å². The summed E-state index contributed by atoms with van der Waals surface area (Å²) in [5.41, 5.74) is -1.55. The largest absolute Gasteiger partial charge is 0.395 e. The van der Waals surface area contributed by atoms with E-state index in [0.717, 1.165) is 12.0 Å². The molecular weight excluding hydrogens is 470 g/mol. The van der Waals surface area contributed by atoms with Gasteiger partial charge in [-0.2, -0.15) is 0 Å². The number of fused-ring (bicyclic) bond motifs is 1. The van der Waals surface area contributed by atoms with Crippen molar-refractivity contribution < 1.29 is 24.2 Å². The predicted octanol–water partition coefficient (Wildman–Crippen LogP) is 2.64. The zero-order chi connectivity index (χ0) is 27.4. The van der Waals surface area contributed by atoms with Crippen LogP contribution in [-0.4, -0.2) is 63.7 Å². The summed E-state index contributed by atoms with van der Waals surface area (Å²) in [5.74, 6) is -2.36. The van der Waals surface area contributed by atoms with Crippen molar-refractivity contribution in [1.29, 1.82) is 0 Å². The number of nitrogens with one attached hydrogen (secondary N) is 2. The van der Waals surface area contributed by atoms with Crippen LogP contribution in [0, 0.1) is 23.2 Å². The van der Waals surface area contributed by atoms with Crippen LogP contribution in [0.1, 0.15) is 66.9 Å². The van der Waals surface area contributed by atoms with Crippen LogP contribution < -0.4 is 10.6 Å². The molecule has 0 saturated carbocycles. The third-order valence-corrected chi connectivity index (χ3v) is 8.43. The van der Waals surface area contributed by atoms with E-state index in [2.05, 4.69) is 31.4 Å². The van der Waals surface area contributed by atoms with Crippen LogP contribution in [-0.2, 0) is 25.7 Å². The van der Waals surface area contributed by atoms with Crippen molar-refractivity contribution in [3.63, 3.8) is 0 Å². The molecule has 37 heavy (non-hydrogen) atoms. The zero-order valence-corrected chi connectivity index (χ0v) is 23.3. The molecule has 3 amide bonds. The van der Waals surface area contributed by atoms with Gasteiger partial charge in [0.2, 0.25) is 17.7 Å². The Morgan fingerprint density at radius 1 is 1.14 bits per heavy atom. The van der Waals surface area contributed by atoms with Gasteiger partial charge in [0, 0.05) is 18.6 Å². The SMILES string of the molecule is CC1CC23O[C@]1(C)[C@@H](C(=O)NCc1ccccc1)[C@H]2C(=O)N(CCO)C3C(=O)NC(C)(C)CC(C)(C)C. The lowest BCUT2D eigenvalue weighted by molar-refractivity contribution is -0.148. The summed E-state index contributed by atoms with van der Waals surface area (Å²) in [6.45, 7) is 14.3. The van der Waals surface area contributed by atoms with Crippen LogP contribution in [0.5, 0.6) is 0 Å². The first-order chi connectivity index (χ1) is 17.2. The Morgan fingerprint density at radius 2 is 1.78 bits per heavy atom. The quantitative estimate of drug-likeness (QED) is 0.495. The fourth-order valence-corrected chi connectivity index (χ4v) is 7.45. The lowest BCUT2D eigenvalue weighted by Gasteiger charge is -2.38. The molecule has 0 radical (unpaired) electrons. The molecule has 3 aliphatic rings. The number of hydrogen-bond donors (Lipinski definition) is 3. The third-order valence-electron chi connectivity index (χ3n) is 8.43. The molecule has 0 aromatic heterocycles. The summed E-state index contributed by atoms with van der Waals surface area (Å²) in [7, 11) is 0. The Kier molecular flexibility index (Phi) is 6.99. The van der Waals surface area contributed by atoms with Crippen LogP contribution >= 0.6 is 0 Å². The van der Waals surface area contributed by atoms with E-state index in [0.29, 0.717) is 13.0 Å². The van der Waals surface area contributed by atoms with E-state index in [4.69, 9.17) is 4.74 Å². The molecule has 3 fully saturated rings. The summed E-state index contributed by atoms with van der Waals surface area (Å²) in [5, 5.41) is 16.0. The van der Waals surface area contributed by atoms with Crippen molar-refractivity contribution in [1.82, 2.24) is 15.5 Å². The molecule has 3 heterocycles. The zero-order valence-electron chi connectivity index (χ0n) is 23.3. The molecule has 2 bridgehead atoms. The molecule has 3 unspecified atom stereocenters. The number of aliphatic hydroxyl groups excluding tert-OH is 1. The van der Waals surface area contributed by atoms with Crippen LogP contribution in [0.15, 0.2) is 30.3 Å². The van der Waals surface area contributed by atoms with E-state index in [1.807, 2.05) is 58.0 Å². The number of carbonyl (C=O) groups excluding carboxylic acids is 3. The second-order valence-electron chi connectivity index (χ2n) is 13.3. The topological polar surface area (TPSA) is 108 Å². The first-order valence-corrected chi connectivity index (χ1v) is 13.4. The first kappa shape index (κ1) is 27.6. The van der Waals surface area contributed by atoms with E-state index in [9.17, 15) is 19.5 Å². The van der Waals surface area contributed by atoms with Gasteiger partial charge in [-0.1, -0.05) is 58.0 Å². The number of amides is 3. The highest BCUT2D eigenvalue weighted by Crippen LogP contribution is 2.65. The maximum Gasteiger partial charge on any atom is 0.246 e. The van der Waals surface area contributed by atoms with Gasteiger partial charge >= 0.3 is 0 Å². The number of aliphatic hydroxyl groups is 1. The van der Waals surface area contributed by atoms with E-state index >= 15 is 0 Å². The van der Waals surface area contributed by atoms with Crippen LogP contribution in [0.3, 0.4) is 0 Å². The fourth-order valence-electron chi connectivity index (χ4n) is 7.45. The molecule has 1 aromatic rings. The standard InChI is InChI=1S/C29H43N3O5/c1-18-15-29-21(20(28(18,7)37-29)23(34)30-16-19-11-9-8-10-12-19)25(36)32(13-14-33)22(29)24(35)31-27(5,6)17-26(2,3)4/h8-12,18,20-22,33H,13-17H2,1-7H3,(H,30,34)(H,31,35)/t18?,20-,21+,22?,28+,29?/m1/s1. The highest BCUT2D eigenvalue weighted by Gasteiger charge is 2.79. The van der Waals surface area contributed by atoms with Crippen molar-refractivity contribution in [2.24, 2.45) is 23.2 Å². The second kappa shape index (κ2) is 9.38. The molecule has 204 valence electrons. The van der Waals surface area contributed by atoms with Crippen molar-refractivity contribution >= 4 is 17.7 Å². The Balaban J connectivity index is 1.66. The summed E-state index contributed by atoms with van der Waals surface area (Å²) >= 11 is 0. The van der Waals surface area contributed by atoms with Gasteiger partial charge in [0.15, 0.2) is 0 Å². The van der Waals surface area contributed by atoms with Crippen LogP contribution in [0.25, 0.3) is 0 Å². The number of carbonyl (C=O) groups is 3. The number of nitrogens with zero attached hydrogens (tertiary/aromatic N) is 1. The molecule has 8 nitrogen and oxygen atoms in total. The van der Waals surface area contributed by atoms with Gasteiger partial charge < -0.3 is 25.4 Å². The number of hydrogen-bond acceptors (Lipinski definition) is 5. The molecule has 3 aliphatic heterocycles. The number of rotatable bonds is 8. The minimum absolute atomic E-state index is 0.0138. The third kappa shape index (κ3) is 4.78. The van der Waals surface area contributed by atoms with Crippen LogP contribution in [0.2, 0.25) is 0 Å². The normalized spacial score (nSPS) is 33.0. The molecule has 3 saturated heterocycles. The average Bonchev–Trinajstić information content (AvgIpc) is 3.28. The molecule has 6 atom stereocenters. The number of likely N-dealkylation sites (tertiary alicyclic amines) is 1. The number of β-amino-alcohol motifs (C(OH)–C–C–N with tert-alkyl or cyclic N) is 1. The smallest absolute Gasteiger partial charge is 0.246 e. The average molecular weight is 514 g/mol. The molecule has 1 aromatic carbocycles. The van der Waals surface area contributed by atoms with Crippen molar-refractivity contribution in [3.05, 3.63) is 35.9 Å². The van der Waals surface area contributed by atoms with E-state index < -0.39 is 34.6 Å². The van der Waals surface area contributed by atoms with Crippen molar-refractivity contribution in [2.75, 3.05) is 13.2 Å². The molecule has 3 N–H and O–H groups in total. The summed E-state index contributed by atoms with van der Waals surface area (Å²) in [6, 6.07) is 8.71. The van der Waals surface area contributed by atoms with E-state index in [-0.39, 0.29) is 42.2 Å². The first-order valence-electron chi connectivity index (χ1n) is 13.4. The molecular formula is C29H43N3O5. The van der Waals surface area contributed by atoms with Crippen molar-refractivity contribution in [2.45, 2.75) is 90.6 Å². The van der Waals surface area contributed by atoms with Gasteiger partial charge in [-0.3, -0.25) is 14.4 Å². The lowest BCUT2D eigenvalue weighted by atomic mass is 9.62. The van der Waals surface area contributed by atoms with E-state index in [1.54, 1.807) is 0 Å². The van der Waals surface area contributed by atoms with E-state index in [1.165, 1.54) is 4.90 Å². The lowest BCUT2D eigenvalue weighted by Crippen LogP contribution is -2.59. The predicted molar refractivity (Wildman–Crippen MR) is 140 cm³/mol. The Morgan fingerprint density at radius 3 is 2.38 bits per heavy atom. The van der Waals surface area contributed by atoms with Crippen molar-refractivity contribution in [3.8, 4) is 0 Å². The molecule has 4 rings (SSSR count). The molecule has 1 spiro atoms. The van der Waals surface area contributed by atoms with Gasteiger partial charge in [0.05, 0.1) is 24.0 Å². The maximum atomic E-state index is 13.9. The van der Waals surface area contributed by atoms with Gasteiger partial charge in [-0.25, -0.2) is 0 Å². The minimum Gasteiger partial charge on any atom is -0.395 e. The summed E-state index contributed by atoms with van der Waals surface area (Å²) in [6.07, 6.45) is 1.24. The Bertz CT molecular complexity index is 1050.